The SMILES string of the molecule is COc1cc(NC2CCCCCC2)nc(CC(C)C)n1. The molecule has 0 atom stereocenters. The van der Waals surface area contributed by atoms with Crippen LogP contribution in [0.3, 0.4) is 0 Å². The van der Waals surface area contributed by atoms with Crippen molar-refractivity contribution in [2.75, 3.05) is 12.4 Å². The van der Waals surface area contributed by atoms with Crippen molar-refractivity contribution in [1.29, 1.82) is 0 Å². The van der Waals surface area contributed by atoms with Crippen molar-refractivity contribution in [2.24, 2.45) is 5.92 Å². The van der Waals surface area contributed by atoms with Crippen molar-refractivity contribution in [3.8, 4) is 5.88 Å². The Labute approximate surface area is 122 Å². The second-order valence-electron chi connectivity index (χ2n) is 6.14. The number of hydrogen-bond donors (Lipinski definition) is 1. The van der Waals surface area contributed by atoms with Crippen molar-refractivity contribution in [1.82, 2.24) is 9.97 Å². The van der Waals surface area contributed by atoms with Gasteiger partial charge in [-0.05, 0) is 18.8 Å². The quantitative estimate of drug-likeness (QED) is 0.831. The zero-order valence-corrected chi connectivity index (χ0v) is 13.0. The maximum absolute atomic E-state index is 5.30. The smallest absolute Gasteiger partial charge is 0.218 e. The molecule has 1 fully saturated rings. The molecule has 0 amide bonds. The predicted molar refractivity (Wildman–Crippen MR) is 82.2 cm³/mol. The van der Waals surface area contributed by atoms with Gasteiger partial charge >= 0.3 is 0 Å². The standard InChI is InChI=1S/C16H27N3O/c1-12(2)10-14-18-15(11-16(19-14)20-3)17-13-8-6-4-5-7-9-13/h11-13H,4-10H2,1-3H3,(H,17,18,19). The second kappa shape index (κ2) is 7.46. The molecule has 20 heavy (non-hydrogen) atoms. The summed E-state index contributed by atoms with van der Waals surface area (Å²) < 4.78 is 5.30. The van der Waals surface area contributed by atoms with Crippen LogP contribution in [-0.4, -0.2) is 23.1 Å². The second-order valence-corrected chi connectivity index (χ2v) is 6.14. The van der Waals surface area contributed by atoms with Gasteiger partial charge in [0.2, 0.25) is 5.88 Å². The molecule has 4 heteroatoms. The third kappa shape index (κ3) is 4.66. The van der Waals surface area contributed by atoms with Crippen molar-refractivity contribution in [3.63, 3.8) is 0 Å². The highest BCUT2D eigenvalue weighted by atomic mass is 16.5. The number of hydrogen-bond acceptors (Lipinski definition) is 4. The average molecular weight is 277 g/mol. The minimum Gasteiger partial charge on any atom is -0.481 e. The first-order valence-corrected chi connectivity index (χ1v) is 7.86. The monoisotopic (exact) mass is 277 g/mol. The average Bonchev–Trinajstić information content (AvgIpc) is 2.66. The summed E-state index contributed by atoms with van der Waals surface area (Å²) in [5, 5.41) is 3.58. The number of nitrogens with one attached hydrogen (secondary N) is 1. The van der Waals surface area contributed by atoms with Gasteiger partial charge in [0.25, 0.3) is 0 Å². The fourth-order valence-electron chi connectivity index (χ4n) is 2.74. The molecule has 1 saturated carbocycles. The minimum atomic E-state index is 0.545. The van der Waals surface area contributed by atoms with Gasteiger partial charge < -0.3 is 10.1 Å². The molecule has 1 aliphatic rings. The van der Waals surface area contributed by atoms with E-state index >= 15 is 0 Å². The van der Waals surface area contributed by atoms with Crippen LogP contribution in [0.2, 0.25) is 0 Å². The van der Waals surface area contributed by atoms with E-state index in [4.69, 9.17) is 4.74 Å². The van der Waals surface area contributed by atoms with Gasteiger partial charge in [-0.3, -0.25) is 0 Å². The van der Waals surface area contributed by atoms with E-state index in [0.29, 0.717) is 17.8 Å². The molecule has 0 aromatic carbocycles. The van der Waals surface area contributed by atoms with Gasteiger partial charge in [-0.2, -0.15) is 4.98 Å². The normalized spacial score (nSPS) is 17.0. The van der Waals surface area contributed by atoms with Crippen molar-refractivity contribution in [3.05, 3.63) is 11.9 Å². The molecule has 0 saturated heterocycles. The topological polar surface area (TPSA) is 47.0 Å². The molecule has 1 aliphatic carbocycles. The Morgan fingerprint density at radius 3 is 2.50 bits per heavy atom. The Balaban J connectivity index is 2.08. The van der Waals surface area contributed by atoms with Crippen LogP contribution >= 0.6 is 0 Å². The molecular formula is C16H27N3O. The van der Waals surface area contributed by atoms with Crippen LogP contribution in [0.15, 0.2) is 6.07 Å². The van der Waals surface area contributed by atoms with Crippen LogP contribution in [0, 0.1) is 5.92 Å². The molecule has 1 aromatic heterocycles. The summed E-state index contributed by atoms with van der Waals surface area (Å²) in [4.78, 5) is 9.07. The largest absolute Gasteiger partial charge is 0.481 e. The fraction of sp³-hybridized carbons (Fsp3) is 0.750. The summed E-state index contributed by atoms with van der Waals surface area (Å²) in [6.45, 7) is 4.36. The van der Waals surface area contributed by atoms with E-state index in [-0.39, 0.29) is 0 Å². The number of ether oxygens (including phenoxy) is 1. The first kappa shape index (κ1) is 15.1. The maximum atomic E-state index is 5.30. The highest BCUT2D eigenvalue weighted by Gasteiger charge is 2.14. The van der Waals surface area contributed by atoms with E-state index in [1.54, 1.807) is 7.11 Å². The zero-order valence-electron chi connectivity index (χ0n) is 13.0. The van der Waals surface area contributed by atoms with Crippen molar-refractivity contribution >= 4 is 5.82 Å². The highest BCUT2D eigenvalue weighted by Crippen LogP contribution is 2.22. The van der Waals surface area contributed by atoms with Gasteiger partial charge in [0.15, 0.2) is 0 Å². The Morgan fingerprint density at radius 2 is 1.90 bits per heavy atom. The molecule has 0 unspecified atom stereocenters. The zero-order chi connectivity index (χ0) is 14.4. The molecule has 1 heterocycles. The van der Waals surface area contributed by atoms with Crippen LogP contribution in [0.5, 0.6) is 5.88 Å². The maximum Gasteiger partial charge on any atom is 0.218 e. The van der Waals surface area contributed by atoms with Crippen molar-refractivity contribution < 1.29 is 4.74 Å². The van der Waals surface area contributed by atoms with Gasteiger partial charge in [-0.15, -0.1) is 0 Å². The lowest BCUT2D eigenvalue weighted by molar-refractivity contribution is 0.393. The Morgan fingerprint density at radius 1 is 1.20 bits per heavy atom. The van der Waals surface area contributed by atoms with Gasteiger partial charge in [0, 0.05) is 18.5 Å². The van der Waals surface area contributed by atoms with Gasteiger partial charge in [-0.25, -0.2) is 4.98 Å². The minimum absolute atomic E-state index is 0.545. The summed E-state index contributed by atoms with van der Waals surface area (Å²) in [6, 6.07) is 2.46. The first-order valence-electron chi connectivity index (χ1n) is 7.86. The van der Waals surface area contributed by atoms with E-state index in [2.05, 4.69) is 29.1 Å². The summed E-state index contributed by atoms with van der Waals surface area (Å²) in [5.41, 5.74) is 0. The van der Waals surface area contributed by atoms with E-state index in [9.17, 15) is 0 Å². The molecule has 2 rings (SSSR count). The van der Waals surface area contributed by atoms with Crippen LogP contribution < -0.4 is 10.1 Å². The van der Waals surface area contributed by atoms with Gasteiger partial charge in [0.05, 0.1) is 7.11 Å². The summed E-state index contributed by atoms with van der Waals surface area (Å²) >= 11 is 0. The third-order valence-electron chi connectivity index (χ3n) is 3.76. The molecular weight excluding hydrogens is 250 g/mol. The lowest BCUT2D eigenvalue weighted by Crippen LogP contribution is -2.20. The summed E-state index contributed by atoms with van der Waals surface area (Å²) in [7, 11) is 1.66. The Kier molecular flexibility index (Phi) is 5.62. The van der Waals surface area contributed by atoms with Gasteiger partial charge in [-0.1, -0.05) is 39.5 Å². The van der Waals surface area contributed by atoms with Gasteiger partial charge in [0.1, 0.15) is 11.6 Å². The molecule has 0 aliphatic heterocycles. The number of aromatic nitrogens is 2. The lowest BCUT2D eigenvalue weighted by Gasteiger charge is -2.18. The molecule has 112 valence electrons. The third-order valence-corrected chi connectivity index (χ3v) is 3.76. The van der Waals surface area contributed by atoms with E-state index in [1.807, 2.05) is 6.07 Å². The number of anilines is 1. The fourth-order valence-corrected chi connectivity index (χ4v) is 2.74. The van der Waals surface area contributed by atoms with Crippen molar-refractivity contribution in [2.45, 2.75) is 64.8 Å². The molecule has 1 N–H and O–H groups in total. The molecule has 0 bridgehead atoms. The Bertz CT molecular complexity index is 412. The molecule has 4 nitrogen and oxygen atoms in total. The first-order chi connectivity index (χ1) is 9.67. The van der Waals surface area contributed by atoms with Crippen LogP contribution in [0.1, 0.15) is 58.2 Å². The molecule has 0 radical (unpaired) electrons. The molecule has 0 spiro atoms. The van der Waals surface area contributed by atoms with Crippen LogP contribution in [-0.2, 0) is 6.42 Å². The van der Waals surface area contributed by atoms with E-state index in [1.165, 1.54) is 38.5 Å². The number of nitrogens with zero attached hydrogens (tertiary/aromatic N) is 2. The highest BCUT2D eigenvalue weighted by molar-refractivity contribution is 5.39. The number of methoxy groups -OCH3 is 1. The summed E-state index contributed by atoms with van der Waals surface area (Å²) in [5.74, 6) is 2.99. The molecule has 1 aromatic rings. The number of rotatable bonds is 5. The van der Waals surface area contributed by atoms with Crippen LogP contribution in [0.25, 0.3) is 0 Å². The predicted octanol–water partition coefficient (Wildman–Crippen LogP) is 3.82. The van der Waals surface area contributed by atoms with Crippen LogP contribution in [0.4, 0.5) is 5.82 Å². The Hall–Kier alpha value is -1.32. The van der Waals surface area contributed by atoms with E-state index in [0.717, 1.165) is 18.1 Å². The van der Waals surface area contributed by atoms with E-state index < -0.39 is 0 Å². The lowest BCUT2D eigenvalue weighted by atomic mass is 10.1. The summed E-state index contributed by atoms with van der Waals surface area (Å²) in [6.07, 6.45) is 8.74.